The Labute approximate surface area is 105 Å². The summed E-state index contributed by atoms with van der Waals surface area (Å²) < 4.78 is 0. The molecule has 18 heavy (non-hydrogen) atoms. The molecule has 0 aromatic carbocycles. The number of hydrogen-bond donors (Lipinski definition) is 3. The number of nitrogens with two attached hydrogens (primary N) is 2. The van der Waals surface area contributed by atoms with Crippen molar-refractivity contribution in [1.82, 2.24) is 10.3 Å². The lowest BCUT2D eigenvalue weighted by Gasteiger charge is -2.15. The zero-order chi connectivity index (χ0) is 13.1. The van der Waals surface area contributed by atoms with Crippen LogP contribution in [0.3, 0.4) is 0 Å². The third kappa shape index (κ3) is 2.84. The third-order valence-corrected chi connectivity index (χ3v) is 3.04. The largest absolute Gasteiger partial charge is 0.366 e. The number of carbonyl (C=O) groups is 2. The van der Waals surface area contributed by atoms with Gasteiger partial charge in [-0.3, -0.25) is 14.6 Å². The number of carbonyl (C=O) groups excluding carboxylic acids is 2. The van der Waals surface area contributed by atoms with Crippen molar-refractivity contribution in [1.29, 1.82) is 0 Å². The summed E-state index contributed by atoms with van der Waals surface area (Å²) in [5, 5.41) is 2.85. The lowest BCUT2D eigenvalue weighted by Crippen LogP contribution is -2.42. The zero-order valence-electron chi connectivity index (χ0n) is 9.93. The molecule has 0 bridgehead atoms. The molecule has 0 saturated heterocycles. The number of pyridine rings is 1. The zero-order valence-corrected chi connectivity index (χ0v) is 9.93. The molecule has 1 aromatic rings. The fourth-order valence-corrected chi connectivity index (χ4v) is 1.78. The molecule has 96 valence electrons. The number of rotatable bonds is 5. The normalized spacial score (nSPS) is 16.1. The van der Waals surface area contributed by atoms with Crippen LogP contribution >= 0.6 is 0 Å². The van der Waals surface area contributed by atoms with Crippen LogP contribution in [-0.4, -0.2) is 29.4 Å². The molecule has 0 spiro atoms. The monoisotopic (exact) mass is 248 g/mol. The standard InChI is InChI=1S/C12H16N4O2/c13-5-10(7-1-2-7)16-12(18)9-4-3-8(6-15-9)11(14)17/h3-4,6-7,10H,1-2,5,13H2,(H2,14,17)(H,16,18). The van der Waals surface area contributed by atoms with Crippen molar-refractivity contribution in [2.75, 3.05) is 6.54 Å². The Kier molecular flexibility index (Phi) is 3.57. The molecule has 1 aromatic heterocycles. The number of aromatic nitrogens is 1. The molecule has 1 heterocycles. The van der Waals surface area contributed by atoms with E-state index in [1.54, 1.807) is 0 Å². The minimum absolute atomic E-state index is 0.00937. The predicted molar refractivity (Wildman–Crippen MR) is 65.8 cm³/mol. The summed E-state index contributed by atoms with van der Waals surface area (Å²) in [7, 11) is 0. The maximum Gasteiger partial charge on any atom is 0.270 e. The maximum atomic E-state index is 11.9. The number of nitrogens with zero attached hydrogens (tertiary/aromatic N) is 1. The van der Waals surface area contributed by atoms with Gasteiger partial charge >= 0.3 is 0 Å². The molecule has 2 rings (SSSR count). The Morgan fingerprint density at radius 2 is 2.17 bits per heavy atom. The van der Waals surface area contributed by atoms with Gasteiger partial charge in [0.2, 0.25) is 5.91 Å². The molecular formula is C12H16N4O2. The van der Waals surface area contributed by atoms with Crippen molar-refractivity contribution >= 4 is 11.8 Å². The molecule has 1 atom stereocenters. The molecule has 1 unspecified atom stereocenters. The van der Waals surface area contributed by atoms with Crippen LogP contribution < -0.4 is 16.8 Å². The molecule has 0 radical (unpaired) electrons. The lowest BCUT2D eigenvalue weighted by atomic mass is 10.1. The van der Waals surface area contributed by atoms with E-state index in [9.17, 15) is 9.59 Å². The first-order valence-corrected chi connectivity index (χ1v) is 5.88. The van der Waals surface area contributed by atoms with Crippen LogP contribution in [0.15, 0.2) is 18.3 Å². The van der Waals surface area contributed by atoms with E-state index < -0.39 is 5.91 Å². The quantitative estimate of drug-likeness (QED) is 0.661. The maximum absolute atomic E-state index is 11.9. The van der Waals surface area contributed by atoms with Crippen LogP contribution in [0.4, 0.5) is 0 Å². The van der Waals surface area contributed by atoms with E-state index in [1.807, 2.05) is 0 Å². The van der Waals surface area contributed by atoms with E-state index in [-0.39, 0.29) is 23.2 Å². The van der Waals surface area contributed by atoms with Crippen molar-refractivity contribution in [2.24, 2.45) is 17.4 Å². The van der Waals surface area contributed by atoms with Crippen LogP contribution in [0.5, 0.6) is 0 Å². The van der Waals surface area contributed by atoms with Gasteiger partial charge in [-0.15, -0.1) is 0 Å². The molecule has 6 nitrogen and oxygen atoms in total. The average Bonchev–Trinajstić information content (AvgIpc) is 3.20. The van der Waals surface area contributed by atoms with Crippen LogP contribution in [0.1, 0.15) is 33.7 Å². The highest BCUT2D eigenvalue weighted by molar-refractivity contribution is 5.95. The molecule has 1 aliphatic rings. The SMILES string of the molecule is NCC(NC(=O)c1ccc(C(N)=O)cn1)C1CC1. The number of amides is 2. The Hall–Kier alpha value is -1.95. The summed E-state index contributed by atoms with van der Waals surface area (Å²) in [6.07, 6.45) is 3.51. The molecule has 1 fully saturated rings. The van der Waals surface area contributed by atoms with Crippen molar-refractivity contribution in [3.8, 4) is 0 Å². The minimum atomic E-state index is -0.563. The van der Waals surface area contributed by atoms with Crippen LogP contribution in [-0.2, 0) is 0 Å². The summed E-state index contributed by atoms with van der Waals surface area (Å²) in [6.45, 7) is 0.426. The first-order valence-electron chi connectivity index (χ1n) is 5.88. The highest BCUT2D eigenvalue weighted by atomic mass is 16.2. The molecule has 1 aliphatic carbocycles. The highest BCUT2D eigenvalue weighted by Crippen LogP contribution is 2.32. The average molecular weight is 248 g/mol. The molecule has 2 amide bonds. The molecule has 1 saturated carbocycles. The third-order valence-electron chi connectivity index (χ3n) is 3.04. The van der Waals surface area contributed by atoms with Gasteiger partial charge in [0.15, 0.2) is 0 Å². The van der Waals surface area contributed by atoms with Crippen molar-refractivity contribution in [3.05, 3.63) is 29.6 Å². The van der Waals surface area contributed by atoms with Gasteiger partial charge in [0.05, 0.1) is 5.56 Å². The van der Waals surface area contributed by atoms with Gasteiger partial charge < -0.3 is 16.8 Å². The van der Waals surface area contributed by atoms with E-state index in [2.05, 4.69) is 10.3 Å². The Balaban J connectivity index is 2.01. The van der Waals surface area contributed by atoms with Gasteiger partial charge in [-0.05, 0) is 30.9 Å². The van der Waals surface area contributed by atoms with Gasteiger partial charge in [-0.2, -0.15) is 0 Å². The summed E-state index contributed by atoms with van der Waals surface area (Å²) in [5.74, 6) is -0.343. The summed E-state index contributed by atoms with van der Waals surface area (Å²) in [4.78, 5) is 26.7. The van der Waals surface area contributed by atoms with E-state index in [1.165, 1.54) is 18.3 Å². The lowest BCUT2D eigenvalue weighted by molar-refractivity contribution is 0.0926. The Bertz CT molecular complexity index is 454. The minimum Gasteiger partial charge on any atom is -0.366 e. The summed E-state index contributed by atoms with van der Waals surface area (Å²) >= 11 is 0. The number of hydrogen-bond acceptors (Lipinski definition) is 4. The van der Waals surface area contributed by atoms with E-state index in [4.69, 9.17) is 11.5 Å². The molecule has 6 heteroatoms. The summed E-state index contributed by atoms with van der Waals surface area (Å²) in [6, 6.07) is 2.98. The van der Waals surface area contributed by atoms with Gasteiger partial charge in [0, 0.05) is 18.8 Å². The van der Waals surface area contributed by atoms with E-state index in [0.717, 1.165) is 12.8 Å². The molecule has 5 N–H and O–H groups in total. The fraction of sp³-hybridized carbons (Fsp3) is 0.417. The van der Waals surface area contributed by atoms with E-state index >= 15 is 0 Å². The van der Waals surface area contributed by atoms with Crippen molar-refractivity contribution < 1.29 is 9.59 Å². The van der Waals surface area contributed by atoms with Gasteiger partial charge in [0.1, 0.15) is 5.69 Å². The first-order chi connectivity index (χ1) is 8.61. The predicted octanol–water partition coefficient (Wildman–Crippen LogP) is -0.352. The Morgan fingerprint density at radius 1 is 1.44 bits per heavy atom. The van der Waals surface area contributed by atoms with Crippen LogP contribution in [0.2, 0.25) is 0 Å². The molecule has 0 aliphatic heterocycles. The van der Waals surface area contributed by atoms with Gasteiger partial charge in [-0.1, -0.05) is 0 Å². The second kappa shape index (κ2) is 5.14. The second-order valence-corrected chi connectivity index (χ2v) is 4.45. The van der Waals surface area contributed by atoms with Crippen molar-refractivity contribution in [2.45, 2.75) is 18.9 Å². The number of primary amides is 1. The second-order valence-electron chi connectivity index (χ2n) is 4.45. The highest BCUT2D eigenvalue weighted by Gasteiger charge is 2.31. The van der Waals surface area contributed by atoms with Gasteiger partial charge in [-0.25, -0.2) is 0 Å². The summed E-state index contributed by atoms with van der Waals surface area (Å²) in [5.41, 5.74) is 11.2. The van der Waals surface area contributed by atoms with E-state index in [0.29, 0.717) is 12.5 Å². The van der Waals surface area contributed by atoms with Crippen LogP contribution in [0.25, 0.3) is 0 Å². The first kappa shape index (κ1) is 12.5. The topological polar surface area (TPSA) is 111 Å². The smallest absolute Gasteiger partial charge is 0.270 e. The van der Waals surface area contributed by atoms with Crippen LogP contribution in [0, 0.1) is 5.92 Å². The van der Waals surface area contributed by atoms with Crippen molar-refractivity contribution in [3.63, 3.8) is 0 Å². The number of nitrogens with one attached hydrogen (secondary N) is 1. The molecular weight excluding hydrogens is 232 g/mol. The fourth-order valence-electron chi connectivity index (χ4n) is 1.78. The van der Waals surface area contributed by atoms with Gasteiger partial charge in [0.25, 0.3) is 5.91 Å². The Morgan fingerprint density at radius 3 is 2.61 bits per heavy atom.